The quantitative estimate of drug-likeness (QED) is 0.914. The number of benzene rings is 1. The van der Waals surface area contributed by atoms with E-state index in [1.165, 1.54) is 22.6 Å². The van der Waals surface area contributed by atoms with Crippen molar-refractivity contribution in [2.45, 2.75) is 23.9 Å². The molecule has 2 aliphatic rings. The van der Waals surface area contributed by atoms with E-state index in [0.717, 1.165) is 25.5 Å². The number of anilines is 1. The molecule has 0 aliphatic carbocycles. The van der Waals surface area contributed by atoms with Crippen LogP contribution in [-0.4, -0.2) is 28.6 Å². The third-order valence-corrected chi connectivity index (χ3v) is 5.45. The van der Waals surface area contributed by atoms with Crippen molar-refractivity contribution in [1.82, 2.24) is 15.1 Å². The second-order valence-electron chi connectivity index (χ2n) is 5.78. The normalized spacial score (nSPS) is 24.0. The van der Waals surface area contributed by atoms with E-state index in [2.05, 4.69) is 44.7 Å². The first-order valence-corrected chi connectivity index (χ1v) is 8.59. The van der Waals surface area contributed by atoms with Gasteiger partial charge in [-0.25, -0.2) is 4.68 Å². The summed E-state index contributed by atoms with van der Waals surface area (Å²) >= 11 is 1.98. The fraction of sp³-hybridized carbons (Fsp3) is 0.438. The van der Waals surface area contributed by atoms with E-state index in [0.29, 0.717) is 12.0 Å². The standard InChI is InChI=1S/C16H20N4S/c1-2-4-15-13(3-1)14(6-8-21-15)17-9-12-10-18-16-5-7-19-20(16)11-12/h1-5,7,12,14,17-18H,6,8-11H2. The maximum Gasteiger partial charge on any atom is 0.124 e. The van der Waals surface area contributed by atoms with Crippen LogP contribution < -0.4 is 10.6 Å². The van der Waals surface area contributed by atoms with Crippen LogP contribution in [0.5, 0.6) is 0 Å². The van der Waals surface area contributed by atoms with E-state index < -0.39 is 0 Å². The molecule has 4 nitrogen and oxygen atoms in total. The molecule has 0 amide bonds. The highest BCUT2D eigenvalue weighted by Crippen LogP contribution is 2.35. The average molecular weight is 300 g/mol. The summed E-state index contributed by atoms with van der Waals surface area (Å²) in [6.07, 6.45) is 3.08. The van der Waals surface area contributed by atoms with Crippen molar-refractivity contribution in [3.63, 3.8) is 0 Å². The molecule has 0 radical (unpaired) electrons. The van der Waals surface area contributed by atoms with Gasteiger partial charge in [-0.15, -0.1) is 11.8 Å². The van der Waals surface area contributed by atoms with E-state index in [-0.39, 0.29) is 0 Å². The maximum absolute atomic E-state index is 4.36. The molecule has 21 heavy (non-hydrogen) atoms. The monoisotopic (exact) mass is 300 g/mol. The molecule has 2 N–H and O–H groups in total. The summed E-state index contributed by atoms with van der Waals surface area (Å²) in [6, 6.07) is 11.3. The summed E-state index contributed by atoms with van der Waals surface area (Å²) in [5.41, 5.74) is 1.47. The highest BCUT2D eigenvalue weighted by molar-refractivity contribution is 7.99. The molecule has 2 atom stereocenters. The lowest BCUT2D eigenvalue weighted by Gasteiger charge is -2.30. The zero-order valence-corrected chi connectivity index (χ0v) is 12.8. The van der Waals surface area contributed by atoms with Gasteiger partial charge in [0.25, 0.3) is 0 Å². The number of aromatic nitrogens is 2. The van der Waals surface area contributed by atoms with E-state index >= 15 is 0 Å². The molecule has 1 aromatic carbocycles. The van der Waals surface area contributed by atoms with Gasteiger partial charge < -0.3 is 10.6 Å². The van der Waals surface area contributed by atoms with Crippen molar-refractivity contribution in [2.75, 3.05) is 24.2 Å². The molecular weight excluding hydrogens is 280 g/mol. The molecule has 110 valence electrons. The van der Waals surface area contributed by atoms with Crippen LogP contribution in [-0.2, 0) is 6.54 Å². The molecule has 5 heteroatoms. The van der Waals surface area contributed by atoms with Crippen molar-refractivity contribution in [2.24, 2.45) is 5.92 Å². The Morgan fingerprint density at radius 2 is 2.29 bits per heavy atom. The van der Waals surface area contributed by atoms with Gasteiger partial charge in [-0.05, 0) is 23.8 Å². The lowest BCUT2D eigenvalue weighted by atomic mass is 10.0. The summed E-state index contributed by atoms with van der Waals surface area (Å²) in [6.45, 7) is 3.07. The number of fused-ring (bicyclic) bond motifs is 2. The van der Waals surface area contributed by atoms with Crippen LogP contribution in [0.2, 0.25) is 0 Å². The van der Waals surface area contributed by atoms with Gasteiger partial charge in [0.05, 0.1) is 6.20 Å². The molecule has 4 rings (SSSR count). The second-order valence-corrected chi connectivity index (χ2v) is 6.92. The molecule has 2 unspecified atom stereocenters. The van der Waals surface area contributed by atoms with Crippen LogP contribution in [0.4, 0.5) is 5.82 Å². The summed E-state index contributed by atoms with van der Waals surface area (Å²) in [5, 5.41) is 11.6. The Labute approximate surface area is 129 Å². The minimum Gasteiger partial charge on any atom is -0.370 e. The summed E-state index contributed by atoms with van der Waals surface area (Å²) in [5.74, 6) is 2.95. The first kappa shape index (κ1) is 13.2. The van der Waals surface area contributed by atoms with Gasteiger partial charge in [0, 0.05) is 42.6 Å². The Balaban J connectivity index is 1.40. The second kappa shape index (κ2) is 5.73. The van der Waals surface area contributed by atoms with Crippen LogP contribution in [0.1, 0.15) is 18.0 Å². The number of hydrogen-bond acceptors (Lipinski definition) is 4. The molecule has 0 spiro atoms. The summed E-state index contributed by atoms with van der Waals surface area (Å²) in [4.78, 5) is 1.44. The van der Waals surface area contributed by atoms with Crippen molar-refractivity contribution < 1.29 is 0 Å². The zero-order valence-electron chi connectivity index (χ0n) is 12.0. The Bertz CT molecular complexity index is 624. The minimum atomic E-state index is 0.501. The fourth-order valence-electron chi connectivity index (χ4n) is 3.19. The van der Waals surface area contributed by atoms with Gasteiger partial charge in [-0.2, -0.15) is 5.10 Å². The summed E-state index contributed by atoms with van der Waals surface area (Å²) < 4.78 is 2.07. The molecule has 2 aromatic rings. The van der Waals surface area contributed by atoms with Crippen LogP contribution in [0, 0.1) is 5.92 Å². The Hall–Kier alpha value is -1.46. The molecule has 0 fully saturated rings. The topological polar surface area (TPSA) is 41.9 Å². The average Bonchev–Trinajstić information content (AvgIpc) is 3.00. The predicted octanol–water partition coefficient (Wildman–Crippen LogP) is 2.75. The van der Waals surface area contributed by atoms with Crippen molar-refractivity contribution in [3.8, 4) is 0 Å². The number of nitrogens with one attached hydrogen (secondary N) is 2. The number of thioether (sulfide) groups is 1. The summed E-state index contributed by atoms with van der Waals surface area (Å²) in [7, 11) is 0. The maximum atomic E-state index is 4.36. The smallest absolute Gasteiger partial charge is 0.124 e. The first-order chi connectivity index (χ1) is 10.4. The van der Waals surface area contributed by atoms with Crippen molar-refractivity contribution >= 4 is 17.6 Å². The SMILES string of the molecule is c1ccc2c(c1)SCCC2NCC1CNc2ccnn2C1. The van der Waals surface area contributed by atoms with Gasteiger partial charge in [-0.1, -0.05) is 18.2 Å². The molecule has 0 saturated carbocycles. The lowest BCUT2D eigenvalue weighted by Crippen LogP contribution is -2.37. The molecule has 1 aromatic heterocycles. The molecule has 0 saturated heterocycles. The number of nitrogens with zero attached hydrogens (tertiary/aromatic N) is 2. The number of rotatable bonds is 3. The highest BCUT2D eigenvalue weighted by atomic mass is 32.2. The van der Waals surface area contributed by atoms with Crippen molar-refractivity contribution in [1.29, 1.82) is 0 Å². The third-order valence-electron chi connectivity index (χ3n) is 4.33. The van der Waals surface area contributed by atoms with Gasteiger partial charge >= 0.3 is 0 Å². The molecular formula is C16H20N4S. The van der Waals surface area contributed by atoms with Gasteiger partial charge in [0.2, 0.25) is 0 Å². The Morgan fingerprint density at radius 3 is 3.29 bits per heavy atom. The van der Waals surface area contributed by atoms with E-state index in [9.17, 15) is 0 Å². The van der Waals surface area contributed by atoms with E-state index in [1.54, 1.807) is 0 Å². The number of hydrogen-bond donors (Lipinski definition) is 2. The Kier molecular flexibility index (Phi) is 3.61. The van der Waals surface area contributed by atoms with Crippen LogP contribution in [0.15, 0.2) is 41.4 Å². The largest absolute Gasteiger partial charge is 0.370 e. The zero-order chi connectivity index (χ0) is 14.1. The van der Waals surface area contributed by atoms with Crippen molar-refractivity contribution in [3.05, 3.63) is 42.1 Å². The molecule has 0 bridgehead atoms. The Morgan fingerprint density at radius 1 is 1.33 bits per heavy atom. The fourth-order valence-corrected chi connectivity index (χ4v) is 4.31. The van der Waals surface area contributed by atoms with Gasteiger partial charge in [0.15, 0.2) is 0 Å². The third kappa shape index (κ3) is 2.68. The van der Waals surface area contributed by atoms with Crippen LogP contribution in [0.25, 0.3) is 0 Å². The van der Waals surface area contributed by atoms with Crippen LogP contribution in [0.3, 0.4) is 0 Å². The first-order valence-electron chi connectivity index (χ1n) is 7.61. The molecule has 3 heterocycles. The van der Waals surface area contributed by atoms with E-state index in [1.807, 2.05) is 24.0 Å². The van der Waals surface area contributed by atoms with Gasteiger partial charge in [-0.3, -0.25) is 0 Å². The molecule has 2 aliphatic heterocycles. The highest BCUT2D eigenvalue weighted by Gasteiger charge is 2.23. The van der Waals surface area contributed by atoms with E-state index in [4.69, 9.17) is 0 Å². The minimum absolute atomic E-state index is 0.501. The van der Waals surface area contributed by atoms with Gasteiger partial charge in [0.1, 0.15) is 5.82 Å². The predicted molar refractivity (Wildman–Crippen MR) is 86.7 cm³/mol. The van der Waals surface area contributed by atoms with Crippen LogP contribution >= 0.6 is 11.8 Å². The lowest BCUT2D eigenvalue weighted by molar-refractivity contribution is 0.366.